The number of fused-ring (bicyclic) bond motifs is 1. The Balaban J connectivity index is 1.54. The van der Waals surface area contributed by atoms with Gasteiger partial charge in [0.05, 0.1) is 17.1 Å². The summed E-state index contributed by atoms with van der Waals surface area (Å²) in [7, 11) is 0. The zero-order valence-corrected chi connectivity index (χ0v) is 15.8. The minimum absolute atomic E-state index is 0.0642. The van der Waals surface area contributed by atoms with E-state index in [0.29, 0.717) is 11.0 Å². The Morgan fingerprint density at radius 2 is 2.04 bits per heavy atom. The number of aromatic nitrogens is 2. The highest BCUT2D eigenvalue weighted by Crippen LogP contribution is 2.31. The molecule has 134 valence electrons. The molecule has 1 aliphatic carbocycles. The lowest BCUT2D eigenvalue weighted by Crippen LogP contribution is -2.16. The Kier molecular flexibility index (Phi) is 4.98. The molecule has 0 aliphatic heterocycles. The van der Waals surface area contributed by atoms with Crippen LogP contribution in [-0.2, 0) is 4.79 Å². The highest BCUT2D eigenvalue weighted by Gasteiger charge is 2.17. The number of hydrogen-bond acceptors (Lipinski definition) is 3. The Bertz CT molecular complexity index is 928. The van der Waals surface area contributed by atoms with Crippen LogP contribution in [0.2, 0.25) is 0 Å². The molecule has 2 heterocycles. The maximum Gasteiger partial charge on any atom is 0.234 e. The number of nitrogens with zero attached hydrogens (tertiary/aromatic N) is 2. The van der Waals surface area contributed by atoms with E-state index in [0.717, 1.165) is 28.2 Å². The van der Waals surface area contributed by atoms with E-state index >= 15 is 0 Å². The number of anilines is 1. The summed E-state index contributed by atoms with van der Waals surface area (Å²) in [6.07, 6.45) is 9.11. The first-order valence-corrected chi connectivity index (χ1v) is 10.2. The number of nitrogens with one attached hydrogen (secondary N) is 1. The van der Waals surface area contributed by atoms with Crippen molar-refractivity contribution in [2.45, 2.75) is 37.9 Å². The smallest absolute Gasteiger partial charge is 0.234 e. The number of rotatable bonds is 5. The monoisotopic (exact) mass is 365 g/mol. The van der Waals surface area contributed by atoms with Crippen molar-refractivity contribution in [3.63, 3.8) is 0 Å². The third-order valence-electron chi connectivity index (χ3n) is 4.91. The number of benzene rings is 1. The molecule has 0 atom stereocenters. The summed E-state index contributed by atoms with van der Waals surface area (Å²) < 4.78 is 2.03. The maximum atomic E-state index is 12.4. The Morgan fingerprint density at radius 3 is 2.85 bits per heavy atom. The van der Waals surface area contributed by atoms with Crippen LogP contribution in [0.15, 0.2) is 48.8 Å². The van der Waals surface area contributed by atoms with E-state index in [4.69, 9.17) is 4.98 Å². The lowest BCUT2D eigenvalue weighted by atomic mass is 10.1. The number of amides is 1. The van der Waals surface area contributed by atoms with E-state index in [2.05, 4.69) is 18.3 Å². The number of carbonyl (C=O) groups is 1. The summed E-state index contributed by atoms with van der Waals surface area (Å²) in [6, 6.07) is 12.0. The minimum atomic E-state index is 0.0642. The van der Waals surface area contributed by atoms with E-state index in [1.165, 1.54) is 25.7 Å². The summed E-state index contributed by atoms with van der Waals surface area (Å²) in [5.74, 6) is 0.581. The van der Waals surface area contributed by atoms with Crippen LogP contribution in [0.5, 0.6) is 0 Å². The van der Waals surface area contributed by atoms with Crippen molar-refractivity contribution >= 4 is 29.0 Å². The van der Waals surface area contributed by atoms with E-state index in [9.17, 15) is 4.79 Å². The van der Waals surface area contributed by atoms with Crippen molar-refractivity contribution in [2.24, 2.45) is 0 Å². The van der Waals surface area contributed by atoms with Gasteiger partial charge in [0.15, 0.2) is 0 Å². The Labute approximate surface area is 158 Å². The topological polar surface area (TPSA) is 46.4 Å². The molecule has 0 saturated heterocycles. The SMILES string of the molecule is Cc1cccn2cc(-c3ccccc3NC(=O)CSC3CCCC3)nc12. The average Bonchev–Trinajstić information content (AvgIpc) is 3.31. The summed E-state index contributed by atoms with van der Waals surface area (Å²) in [5, 5.41) is 3.73. The maximum absolute atomic E-state index is 12.4. The van der Waals surface area contributed by atoms with Crippen molar-refractivity contribution in [2.75, 3.05) is 11.1 Å². The molecule has 1 aromatic carbocycles. The number of carbonyl (C=O) groups excluding carboxylic acids is 1. The predicted octanol–water partition coefficient (Wildman–Crippen LogP) is 4.92. The molecular formula is C21H23N3OS. The summed E-state index contributed by atoms with van der Waals surface area (Å²) in [6.45, 7) is 2.06. The van der Waals surface area contributed by atoms with Crippen LogP contribution in [-0.4, -0.2) is 26.3 Å². The van der Waals surface area contributed by atoms with Gasteiger partial charge in [0, 0.05) is 23.2 Å². The molecule has 1 fully saturated rings. The van der Waals surface area contributed by atoms with E-state index in [-0.39, 0.29) is 5.91 Å². The molecule has 4 rings (SSSR count). The predicted molar refractivity (Wildman–Crippen MR) is 109 cm³/mol. The number of imidazole rings is 1. The van der Waals surface area contributed by atoms with Crippen molar-refractivity contribution in [1.29, 1.82) is 0 Å². The summed E-state index contributed by atoms with van der Waals surface area (Å²) >= 11 is 1.79. The molecule has 5 heteroatoms. The Hall–Kier alpha value is -2.27. The molecule has 4 nitrogen and oxygen atoms in total. The molecule has 1 N–H and O–H groups in total. The molecule has 2 aromatic heterocycles. The van der Waals surface area contributed by atoms with Crippen LogP contribution in [0, 0.1) is 6.92 Å². The molecule has 1 amide bonds. The highest BCUT2D eigenvalue weighted by atomic mass is 32.2. The van der Waals surface area contributed by atoms with E-state index in [1.54, 1.807) is 11.8 Å². The molecule has 3 aromatic rings. The zero-order valence-electron chi connectivity index (χ0n) is 14.9. The fraction of sp³-hybridized carbons (Fsp3) is 0.333. The van der Waals surface area contributed by atoms with Gasteiger partial charge in [0.1, 0.15) is 5.65 Å². The summed E-state index contributed by atoms with van der Waals surface area (Å²) in [4.78, 5) is 17.2. The first-order chi connectivity index (χ1) is 12.7. The number of thioether (sulfide) groups is 1. The van der Waals surface area contributed by atoms with Gasteiger partial charge < -0.3 is 9.72 Å². The van der Waals surface area contributed by atoms with Gasteiger partial charge >= 0.3 is 0 Å². The quantitative estimate of drug-likeness (QED) is 0.698. The van der Waals surface area contributed by atoms with Gasteiger partial charge in [-0.1, -0.05) is 37.1 Å². The van der Waals surface area contributed by atoms with Gasteiger partial charge in [-0.25, -0.2) is 4.98 Å². The molecule has 1 aliphatic rings. The van der Waals surface area contributed by atoms with Crippen molar-refractivity contribution in [3.05, 3.63) is 54.4 Å². The number of para-hydroxylation sites is 1. The van der Waals surface area contributed by atoms with Crippen LogP contribution in [0.3, 0.4) is 0 Å². The highest BCUT2D eigenvalue weighted by molar-refractivity contribution is 8.00. The van der Waals surface area contributed by atoms with Crippen molar-refractivity contribution in [3.8, 4) is 11.3 Å². The minimum Gasteiger partial charge on any atom is -0.325 e. The van der Waals surface area contributed by atoms with E-state index < -0.39 is 0 Å². The largest absolute Gasteiger partial charge is 0.325 e. The molecule has 26 heavy (non-hydrogen) atoms. The van der Waals surface area contributed by atoms with Gasteiger partial charge in [-0.2, -0.15) is 0 Å². The van der Waals surface area contributed by atoms with Crippen LogP contribution in [0.4, 0.5) is 5.69 Å². The van der Waals surface area contributed by atoms with Gasteiger partial charge in [0.2, 0.25) is 5.91 Å². The second kappa shape index (κ2) is 7.54. The van der Waals surface area contributed by atoms with E-state index in [1.807, 2.05) is 47.1 Å². The van der Waals surface area contributed by atoms with Crippen molar-refractivity contribution in [1.82, 2.24) is 9.38 Å². The van der Waals surface area contributed by atoms with Crippen LogP contribution in [0.25, 0.3) is 16.9 Å². The zero-order chi connectivity index (χ0) is 17.9. The van der Waals surface area contributed by atoms with Gasteiger partial charge in [0.25, 0.3) is 0 Å². The molecule has 0 unspecified atom stereocenters. The van der Waals surface area contributed by atoms with Gasteiger partial charge in [-0.05, 0) is 37.5 Å². The Morgan fingerprint density at radius 1 is 1.23 bits per heavy atom. The van der Waals surface area contributed by atoms with Gasteiger partial charge in [-0.3, -0.25) is 4.79 Å². The van der Waals surface area contributed by atoms with Gasteiger partial charge in [-0.15, -0.1) is 11.8 Å². The van der Waals surface area contributed by atoms with Crippen molar-refractivity contribution < 1.29 is 4.79 Å². The second-order valence-electron chi connectivity index (χ2n) is 6.86. The first-order valence-electron chi connectivity index (χ1n) is 9.16. The molecular weight excluding hydrogens is 342 g/mol. The standard InChI is InChI=1S/C21H23N3OS/c1-15-7-6-12-24-13-19(23-21(15)24)17-10-4-5-11-18(17)22-20(25)14-26-16-8-2-3-9-16/h4-7,10-13,16H,2-3,8-9,14H2,1H3,(H,22,25). The lowest BCUT2D eigenvalue weighted by molar-refractivity contribution is -0.113. The molecule has 0 spiro atoms. The normalized spacial score (nSPS) is 14.8. The molecule has 0 radical (unpaired) electrons. The lowest BCUT2D eigenvalue weighted by Gasteiger charge is -2.11. The summed E-state index contributed by atoms with van der Waals surface area (Å²) in [5.41, 5.74) is 4.73. The molecule has 0 bridgehead atoms. The van der Waals surface area contributed by atoms with Crippen LogP contribution >= 0.6 is 11.8 Å². The fourth-order valence-corrected chi connectivity index (χ4v) is 4.66. The third-order valence-corrected chi connectivity index (χ3v) is 6.28. The second-order valence-corrected chi connectivity index (χ2v) is 8.15. The average molecular weight is 366 g/mol. The third kappa shape index (κ3) is 3.63. The number of pyridine rings is 1. The fourth-order valence-electron chi connectivity index (χ4n) is 3.53. The molecule has 1 saturated carbocycles. The first kappa shape index (κ1) is 17.2. The number of hydrogen-bond donors (Lipinski definition) is 1. The van der Waals surface area contributed by atoms with Crippen LogP contribution < -0.4 is 5.32 Å². The van der Waals surface area contributed by atoms with Crippen LogP contribution in [0.1, 0.15) is 31.2 Å². The number of aryl methyl sites for hydroxylation is 1.